The van der Waals surface area contributed by atoms with Crippen molar-refractivity contribution in [3.8, 4) is 0 Å². The maximum atomic E-state index is 12.2. The van der Waals surface area contributed by atoms with Crippen LogP contribution in [-0.4, -0.2) is 37.9 Å². The second kappa shape index (κ2) is 5.53. The Morgan fingerprint density at radius 2 is 2.25 bits per heavy atom. The number of aryl methyl sites for hydroxylation is 2. The standard InChI is InChI=1S/C12H18N4O2S2/c1-6(20(4)18)5-14-11(17)10-9(13)8-7(2)15-16(3)12(8)19-10/h6H,5,13H2,1-4H3,(H,14,17). The highest BCUT2D eigenvalue weighted by Gasteiger charge is 2.21. The average Bonchev–Trinajstić information content (AvgIpc) is 2.86. The summed E-state index contributed by atoms with van der Waals surface area (Å²) in [4.78, 5) is 13.6. The molecule has 0 aliphatic rings. The molecule has 0 aromatic carbocycles. The number of nitrogens with two attached hydrogens (primary N) is 1. The Morgan fingerprint density at radius 3 is 2.80 bits per heavy atom. The maximum Gasteiger partial charge on any atom is 0.263 e. The molecule has 2 atom stereocenters. The normalized spacial score (nSPS) is 14.4. The van der Waals surface area contributed by atoms with Gasteiger partial charge >= 0.3 is 0 Å². The topological polar surface area (TPSA) is 90.0 Å². The maximum absolute atomic E-state index is 12.2. The van der Waals surface area contributed by atoms with E-state index in [1.54, 1.807) is 10.9 Å². The van der Waals surface area contributed by atoms with Crippen molar-refractivity contribution in [2.45, 2.75) is 19.1 Å². The van der Waals surface area contributed by atoms with Crippen molar-refractivity contribution < 1.29 is 9.00 Å². The highest BCUT2D eigenvalue weighted by molar-refractivity contribution is 7.84. The highest BCUT2D eigenvalue weighted by atomic mass is 32.2. The number of carbonyl (C=O) groups excluding carboxylic acids is 1. The molecular formula is C12H18N4O2S2. The Balaban J connectivity index is 2.25. The minimum Gasteiger partial charge on any atom is -0.397 e. The molecule has 1 amide bonds. The molecule has 0 aliphatic heterocycles. The number of aromatic nitrogens is 2. The molecule has 0 saturated heterocycles. The molecule has 2 aromatic rings. The van der Waals surface area contributed by atoms with Gasteiger partial charge in [-0.05, 0) is 13.8 Å². The van der Waals surface area contributed by atoms with Crippen LogP contribution in [0.5, 0.6) is 0 Å². The van der Waals surface area contributed by atoms with Gasteiger partial charge in [-0.25, -0.2) is 0 Å². The number of nitrogens with zero attached hydrogens (tertiary/aromatic N) is 2. The molecule has 0 bridgehead atoms. The lowest BCUT2D eigenvalue weighted by Crippen LogP contribution is -2.32. The summed E-state index contributed by atoms with van der Waals surface area (Å²) in [7, 11) is 0.869. The van der Waals surface area contributed by atoms with Crippen LogP contribution in [0.1, 0.15) is 22.3 Å². The lowest BCUT2D eigenvalue weighted by molar-refractivity contribution is 0.0959. The van der Waals surface area contributed by atoms with Crippen LogP contribution in [0.4, 0.5) is 5.69 Å². The number of anilines is 1. The van der Waals surface area contributed by atoms with Crippen LogP contribution in [0.3, 0.4) is 0 Å². The van der Waals surface area contributed by atoms with Crippen molar-refractivity contribution in [2.75, 3.05) is 18.5 Å². The Kier molecular flexibility index (Phi) is 4.14. The molecule has 3 N–H and O–H groups in total. The second-order valence-corrected chi connectivity index (χ2v) is 7.55. The summed E-state index contributed by atoms with van der Waals surface area (Å²) in [5.74, 6) is -0.222. The number of fused-ring (bicyclic) bond motifs is 1. The van der Waals surface area contributed by atoms with Crippen LogP contribution in [0.15, 0.2) is 0 Å². The summed E-state index contributed by atoms with van der Waals surface area (Å²) in [6.07, 6.45) is 1.62. The van der Waals surface area contributed by atoms with Crippen molar-refractivity contribution in [1.82, 2.24) is 15.1 Å². The number of hydrogen-bond donors (Lipinski definition) is 2. The molecule has 0 saturated carbocycles. The largest absolute Gasteiger partial charge is 0.397 e. The van der Waals surface area contributed by atoms with Gasteiger partial charge in [-0.15, -0.1) is 11.3 Å². The van der Waals surface area contributed by atoms with Gasteiger partial charge < -0.3 is 11.1 Å². The van der Waals surface area contributed by atoms with Gasteiger partial charge in [0.2, 0.25) is 0 Å². The van der Waals surface area contributed by atoms with Gasteiger partial charge in [-0.3, -0.25) is 13.7 Å². The van der Waals surface area contributed by atoms with E-state index in [1.165, 1.54) is 11.3 Å². The number of nitrogen functional groups attached to an aromatic ring is 1. The molecule has 6 nitrogen and oxygen atoms in total. The molecule has 0 fully saturated rings. The summed E-state index contributed by atoms with van der Waals surface area (Å²) >= 11 is 1.33. The van der Waals surface area contributed by atoms with Crippen LogP contribution in [0, 0.1) is 6.92 Å². The molecular weight excluding hydrogens is 296 g/mol. The lowest BCUT2D eigenvalue weighted by atomic mass is 10.2. The van der Waals surface area contributed by atoms with Gasteiger partial charge in [0, 0.05) is 35.9 Å². The molecule has 0 spiro atoms. The van der Waals surface area contributed by atoms with Crippen molar-refractivity contribution in [1.29, 1.82) is 0 Å². The molecule has 0 aliphatic carbocycles. The zero-order valence-corrected chi connectivity index (χ0v) is 13.5. The number of amides is 1. The number of hydrogen-bond acceptors (Lipinski definition) is 5. The van der Waals surface area contributed by atoms with Crippen molar-refractivity contribution >= 4 is 43.9 Å². The van der Waals surface area contributed by atoms with Crippen molar-refractivity contribution in [3.05, 3.63) is 10.6 Å². The van der Waals surface area contributed by atoms with Gasteiger partial charge in [0.25, 0.3) is 5.91 Å². The van der Waals surface area contributed by atoms with Gasteiger partial charge in [0.15, 0.2) is 0 Å². The number of nitrogens with one attached hydrogen (secondary N) is 1. The fourth-order valence-corrected chi connectivity index (χ4v) is 3.35. The number of carbonyl (C=O) groups is 1. The summed E-state index contributed by atoms with van der Waals surface area (Å²) in [6.45, 7) is 4.07. The third kappa shape index (κ3) is 2.57. The van der Waals surface area contributed by atoms with E-state index in [0.717, 1.165) is 15.9 Å². The van der Waals surface area contributed by atoms with Crippen molar-refractivity contribution in [2.24, 2.45) is 7.05 Å². The van der Waals surface area contributed by atoms with E-state index in [4.69, 9.17) is 5.73 Å². The molecule has 2 aromatic heterocycles. The van der Waals surface area contributed by atoms with E-state index in [-0.39, 0.29) is 11.2 Å². The number of thiophene rings is 1. The summed E-state index contributed by atoms with van der Waals surface area (Å²) in [5.41, 5.74) is 7.35. The molecule has 0 radical (unpaired) electrons. The molecule has 8 heteroatoms. The summed E-state index contributed by atoms with van der Waals surface area (Å²) < 4.78 is 13.0. The van der Waals surface area contributed by atoms with Gasteiger partial charge in [-0.1, -0.05) is 0 Å². The zero-order valence-electron chi connectivity index (χ0n) is 11.9. The van der Waals surface area contributed by atoms with Gasteiger partial charge in [0.05, 0.1) is 16.8 Å². The van der Waals surface area contributed by atoms with Crippen LogP contribution >= 0.6 is 11.3 Å². The van der Waals surface area contributed by atoms with Crippen LogP contribution in [0.2, 0.25) is 0 Å². The third-order valence-electron chi connectivity index (χ3n) is 3.21. The minimum atomic E-state index is -0.959. The van der Waals surface area contributed by atoms with E-state index >= 15 is 0 Å². The van der Waals surface area contributed by atoms with Gasteiger partial charge in [-0.2, -0.15) is 5.10 Å². The van der Waals surface area contributed by atoms with Crippen LogP contribution < -0.4 is 11.1 Å². The van der Waals surface area contributed by atoms with Crippen LogP contribution in [-0.2, 0) is 17.8 Å². The third-order valence-corrected chi connectivity index (χ3v) is 5.78. The molecule has 2 unspecified atom stereocenters. The quantitative estimate of drug-likeness (QED) is 0.881. The monoisotopic (exact) mass is 314 g/mol. The van der Waals surface area contributed by atoms with Crippen molar-refractivity contribution in [3.63, 3.8) is 0 Å². The van der Waals surface area contributed by atoms with E-state index in [2.05, 4.69) is 10.4 Å². The average molecular weight is 314 g/mol. The predicted molar refractivity (Wildman–Crippen MR) is 83.6 cm³/mol. The Hall–Kier alpha value is -1.41. The Bertz CT molecular complexity index is 689. The molecule has 110 valence electrons. The van der Waals surface area contributed by atoms with E-state index in [1.807, 2.05) is 20.9 Å². The zero-order chi connectivity index (χ0) is 15.0. The fraction of sp³-hybridized carbons (Fsp3) is 0.500. The first-order valence-corrected chi connectivity index (χ1v) is 8.58. The molecule has 2 heterocycles. The minimum absolute atomic E-state index is 0.0852. The first-order chi connectivity index (χ1) is 9.32. The van der Waals surface area contributed by atoms with E-state index < -0.39 is 10.8 Å². The fourth-order valence-electron chi connectivity index (χ4n) is 1.93. The second-order valence-electron chi connectivity index (χ2n) is 4.75. The highest BCUT2D eigenvalue weighted by Crippen LogP contribution is 2.35. The smallest absolute Gasteiger partial charge is 0.263 e. The first kappa shape index (κ1) is 15.0. The van der Waals surface area contributed by atoms with Crippen LogP contribution in [0.25, 0.3) is 10.2 Å². The summed E-state index contributed by atoms with van der Waals surface area (Å²) in [5, 5.41) is 7.82. The SMILES string of the molecule is Cc1nn(C)c2sc(C(=O)NCC(C)S(C)=O)c(N)c12. The molecule has 20 heavy (non-hydrogen) atoms. The number of rotatable bonds is 4. The lowest BCUT2D eigenvalue weighted by Gasteiger charge is -2.09. The predicted octanol–water partition coefficient (Wildman–Crippen LogP) is 1.02. The Labute approximate surface area is 123 Å². The van der Waals surface area contributed by atoms with Gasteiger partial charge in [0.1, 0.15) is 9.71 Å². The van der Waals surface area contributed by atoms with E-state index in [0.29, 0.717) is 17.1 Å². The Morgan fingerprint density at radius 1 is 1.60 bits per heavy atom. The molecule has 2 rings (SSSR count). The summed E-state index contributed by atoms with van der Waals surface area (Å²) in [6, 6.07) is 0. The first-order valence-electron chi connectivity index (χ1n) is 6.15. The van der Waals surface area contributed by atoms with E-state index in [9.17, 15) is 9.00 Å².